The first-order chi connectivity index (χ1) is 27.8. The SMILES string of the molecule is CC(C)C[C@H](NC(=O)[C@H](Cc1ccc(/C=C/CCl)cc1)NC(=O)CNC(=O)CNC(=O)[C@H](Cc1ccc(O)cc1)NC(=O)[C@H](C)NC(=O)[C@H](C)NC(=O)[C@H](C)N)C(=O)O. The Balaban J connectivity index is 2.09. The number of hydrogen-bond donors (Lipinski definition) is 10. The van der Waals surface area contributed by atoms with Gasteiger partial charge in [-0.05, 0) is 61.9 Å². The summed E-state index contributed by atoms with van der Waals surface area (Å²) in [6.45, 7) is 6.58. The van der Waals surface area contributed by atoms with Gasteiger partial charge in [0.25, 0.3) is 0 Å². The molecule has 18 nitrogen and oxygen atoms in total. The van der Waals surface area contributed by atoms with Crippen LogP contribution < -0.4 is 43.0 Å². The minimum absolute atomic E-state index is 0.00527. The van der Waals surface area contributed by atoms with Crippen molar-refractivity contribution in [1.29, 1.82) is 0 Å². The number of phenolic OH excluding ortho intramolecular Hbond substituents is 1. The van der Waals surface area contributed by atoms with Crippen molar-refractivity contribution < 1.29 is 48.6 Å². The number of aliphatic carboxylic acids is 1. The Morgan fingerprint density at radius 1 is 0.627 bits per heavy atom. The number of aromatic hydroxyl groups is 1. The molecule has 0 aliphatic heterocycles. The van der Waals surface area contributed by atoms with Crippen molar-refractivity contribution in [2.24, 2.45) is 11.7 Å². The molecule has 0 bridgehead atoms. The molecule has 0 radical (unpaired) electrons. The fourth-order valence-electron chi connectivity index (χ4n) is 5.32. The third-order valence-electron chi connectivity index (χ3n) is 8.59. The molecule has 0 saturated carbocycles. The van der Waals surface area contributed by atoms with E-state index in [0.717, 1.165) is 5.56 Å². The summed E-state index contributed by atoms with van der Waals surface area (Å²) in [6.07, 6.45) is 3.62. The lowest BCUT2D eigenvalue weighted by Gasteiger charge is -2.23. The van der Waals surface area contributed by atoms with E-state index in [4.69, 9.17) is 17.3 Å². The summed E-state index contributed by atoms with van der Waals surface area (Å²) in [6, 6.07) is 6.13. The number of hydrogen-bond acceptors (Lipinski definition) is 10. The van der Waals surface area contributed by atoms with E-state index < -0.39 is 96.7 Å². The highest BCUT2D eigenvalue weighted by atomic mass is 35.5. The van der Waals surface area contributed by atoms with Crippen molar-refractivity contribution in [2.75, 3.05) is 19.0 Å². The molecule has 2 aromatic rings. The Morgan fingerprint density at radius 3 is 1.64 bits per heavy atom. The Kier molecular flexibility index (Phi) is 20.6. The van der Waals surface area contributed by atoms with E-state index in [-0.39, 0.29) is 30.9 Å². The van der Waals surface area contributed by atoms with Gasteiger partial charge in [0.05, 0.1) is 19.1 Å². The van der Waals surface area contributed by atoms with Crippen molar-refractivity contribution in [3.8, 4) is 5.75 Å². The van der Waals surface area contributed by atoms with E-state index in [9.17, 15) is 48.6 Å². The minimum atomic E-state index is -1.27. The number of carbonyl (C=O) groups is 8. The number of phenols is 1. The fourth-order valence-corrected chi connectivity index (χ4v) is 5.41. The molecule has 0 fully saturated rings. The van der Waals surface area contributed by atoms with Gasteiger partial charge in [0.15, 0.2) is 0 Å². The molecule has 0 unspecified atom stereocenters. The van der Waals surface area contributed by atoms with Gasteiger partial charge < -0.3 is 53.2 Å². The van der Waals surface area contributed by atoms with Crippen LogP contribution in [-0.4, -0.2) is 113 Å². The molecule has 7 amide bonds. The summed E-state index contributed by atoms with van der Waals surface area (Å²) < 4.78 is 0. The molecule has 0 spiro atoms. The summed E-state index contributed by atoms with van der Waals surface area (Å²) in [4.78, 5) is 102. The average Bonchev–Trinajstić information content (AvgIpc) is 3.18. The second kappa shape index (κ2) is 24.7. The summed E-state index contributed by atoms with van der Waals surface area (Å²) in [5, 5.41) is 36.6. The van der Waals surface area contributed by atoms with Crippen molar-refractivity contribution in [3.05, 3.63) is 71.3 Å². The van der Waals surface area contributed by atoms with Crippen molar-refractivity contribution >= 4 is 65.0 Å². The molecule has 0 saturated heterocycles. The summed E-state index contributed by atoms with van der Waals surface area (Å²) >= 11 is 5.71. The van der Waals surface area contributed by atoms with Gasteiger partial charge in [-0.15, -0.1) is 11.6 Å². The van der Waals surface area contributed by atoms with Crippen LogP contribution in [0.1, 0.15) is 57.7 Å². The first-order valence-corrected chi connectivity index (χ1v) is 19.5. The maximum Gasteiger partial charge on any atom is 0.326 e. The molecule has 0 aromatic heterocycles. The van der Waals surface area contributed by atoms with Crippen LogP contribution in [0.25, 0.3) is 6.08 Å². The lowest BCUT2D eigenvalue weighted by molar-refractivity contribution is -0.142. The Morgan fingerprint density at radius 2 is 1.12 bits per heavy atom. The van der Waals surface area contributed by atoms with E-state index in [1.54, 1.807) is 44.2 Å². The van der Waals surface area contributed by atoms with Crippen LogP contribution in [0.4, 0.5) is 0 Å². The zero-order valence-electron chi connectivity index (χ0n) is 33.7. The predicted octanol–water partition coefficient (Wildman–Crippen LogP) is -0.396. The van der Waals surface area contributed by atoms with Gasteiger partial charge in [-0.1, -0.05) is 62.4 Å². The third-order valence-corrected chi connectivity index (χ3v) is 8.77. The largest absolute Gasteiger partial charge is 0.508 e. The zero-order chi connectivity index (χ0) is 44.2. The van der Waals surface area contributed by atoms with Crippen LogP contribution in [0.2, 0.25) is 0 Å². The van der Waals surface area contributed by atoms with Crippen molar-refractivity contribution in [3.63, 3.8) is 0 Å². The van der Waals surface area contributed by atoms with E-state index in [0.29, 0.717) is 17.0 Å². The molecule has 19 heteroatoms. The first-order valence-electron chi connectivity index (χ1n) is 18.9. The van der Waals surface area contributed by atoms with Crippen molar-refractivity contribution in [1.82, 2.24) is 37.2 Å². The predicted molar refractivity (Wildman–Crippen MR) is 219 cm³/mol. The number of nitrogens with one attached hydrogen (secondary N) is 7. The monoisotopic (exact) mass is 842 g/mol. The minimum Gasteiger partial charge on any atom is -0.508 e. The van der Waals surface area contributed by atoms with Crippen LogP contribution in [-0.2, 0) is 51.2 Å². The van der Waals surface area contributed by atoms with Crippen LogP contribution in [0, 0.1) is 5.92 Å². The van der Waals surface area contributed by atoms with Crippen LogP contribution in [0.15, 0.2) is 54.6 Å². The van der Waals surface area contributed by atoms with Crippen LogP contribution in [0.5, 0.6) is 5.75 Å². The molecule has 2 rings (SSSR count). The smallest absolute Gasteiger partial charge is 0.326 e. The Hall–Kier alpha value is -6.01. The summed E-state index contributed by atoms with van der Waals surface area (Å²) in [7, 11) is 0. The molecular formula is C40H55ClN8O10. The lowest BCUT2D eigenvalue weighted by Crippen LogP contribution is -2.57. The molecule has 0 heterocycles. The van der Waals surface area contributed by atoms with Crippen molar-refractivity contribution in [2.45, 2.75) is 90.1 Å². The van der Waals surface area contributed by atoms with Gasteiger partial charge in [-0.3, -0.25) is 33.6 Å². The second-order valence-corrected chi connectivity index (χ2v) is 14.6. The number of benzene rings is 2. The van der Waals surface area contributed by atoms with Gasteiger partial charge in [0, 0.05) is 18.7 Å². The average molecular weight is 843 g/mol. The number of nitrogens with two attached hydrogens (primary N) is 1. The number of carboxylic acid groups (broad SMARTS) is 1. The number of carbonyl (C=O) groups excluding carboxylic acids is 7. The highest BCUT2D eigenvalue weighted by Gasteiger charge is 2.29. The van der Waals surface area contributed by atoms with Gasteiger partial charge in [0.2, 0.25) is 41.4 Å². The number of carboxylic acids is 1. The number of allylic oxidation sites excluding steroid dienone is 1. The highest BCUT2D eigenvalue weighted by Crippen LogP contribution is 2.13. The molecule has 11 N–H and O–H groups in total. The first kappa shape index (κ1) is 49.1. The van der Waals surface area contributed by atoms with E-state index in [1.807, 2.05) is 6.08 Å². The number of amides is 7. The number of rotatable bonds is 23. The van der Waals surface area contributed by atoms with E-state index in [1.165, 1.54) is 45.0 Å². The Labute approximate surface area is 347 Å². The van der Waals surface area contributed by atoms with Gasteiger partial charge in [-0.25, -0.2) is 4.79 Å². The molecule has 2 aromatic carbocycles. The van der Waals surface area contributed by atoms with Gasteiger partial charge in [0.1, 0.15) is 36.0 Å². The Bertz CT molecular complexity index is 1800. The molecule has 59 heavy (non-hydrogen) atoms. The van der Waals surface area contributed by atoms with Crippen LogP contribution >= 0.6 is 11.6 Å². The molecule has 6 atom stereocenters. The lowest BCUT2D eigenvalue weighted by atomic mass is 10.0. The molecule has 0 aliphatic rings. The highest BCUT2D eigenvalue weighted by molar-refractivity contribution is 6.19. The van der Waals surface area contributed by atoms with Gasteiger partial charge >= 0.3 is 5.97 Å². The second-order valence-electron chi connectivity index (χ2n) is 14.3. The molecule has 0 aliphatic carbocycles. The van der Waals surface area contributed by atoms with E-state index >= 15 is 0 Å². The third kappa shape index (κ3) is 18.4. The zero-order valence-corrected chi connectivity index (χ0v) is 34.4. The summed E-state index contributed by atoms with van der Waals surface area (Å²) in [5.41, 5.74) is 7.56. The fraction of sp³-hybridized carbons (Fsp3) is 0.450. The normalized spacial score (nSPS) is 14.1. The molecular weight excluding hydrogens is 788 g/mol. The number of halogens is 1. The van der Waals surface area contributed by atoms with Crippen LogP contribution in [0.3, 0.4) is 0 Å². The standard InChI is InChI=1S/C40H55ClN8O10/c1-22(2)17-32(40(58)59)49-39(57)31(19-27-10-8-26(9-11-27)7-6-16-41)47-34(52)21-43-33(51)20-44-38(56)30(18-28-12-14-29(50)15-13-28)48-37(55)25(5)46-36(54)24(4)45-35(53)23(3)42/h6-15,22-25,30-32,50H,16-21,42H2,1-5H3,(H,43,51)(H,44,56)(H,45,53)(H,46,54)(H,47,52)(H,48,55)(H,49,57)(H,58,59)/b7-6+/t23-,24-,25-,30-,31-,32-/m0/s1. The molecule has 322 valence electrons. The summed E-state index contributed by atoms with van der Waals surface area (Å²) in [5.74, 6) is -6.13. The topological polar surface area (TPSA) is 287 Å². The number of alkyl halides is 1. The maximum absolute atomic E-state index is 13.3. The quantitative estimate of drug-likeness (QED) is 0.0643. The van der Waals surface area contributed by atoms with Gasteiger partial charge in [-0.2, -0.15) is 0 Å². The maximum atomic E-state index is 13.3. The van der Waals surface area contributed by atoms with E-state index in [2.05, 4.69) is 37.2 Å².